The molecular weight excluding hydrogens is 408 g/mol. The average Bonchev–Trinajstić information content (AvgIpc) is 3.05. The fourth-order valence-corrected chi connectivity index (χ4v) is 4.61. The van der Waals surface area contributed by atoms with E-state index < -0.39 is 0 Å². The summed E-state index contributed by atoms with van der Waals surface area (Å²) in [6.45, 7) is 4.05. The van der Waals surface area contributed by atoms with Crippen LogP contribution in [-0.4, -0.2) is 17.3 Å². The van der Waals surface area contributed by atoms with Crippen LogP contribution < -0.4 is 4.90 Å². The molecule has 5 heteroatoms. The van der Waals surface area contributed by atoms with Crippen molar-refractivity contribution in [1.29, 1.82) is 0 Å². The third-order valence-corrected chi connectivity index (χ3v) is 6.62. The van der Waals surface area contributed by atoms with Crippen LogP contribution >= 0.6 is 23.5 Å². The fraction of sp³-hybridized carbons (Fsp3) is 0.120. The Morgan fingerprint density at radius 1 is 0.900 bits per heavy atom. The highest BCUT2D eigenvalue weighted by Crippen LogP contribution is 2.38. The predicted molar refractivity (Wildman–Crippen MR) is 131 cm³/mol. The molecule has 0 aliphatic carbocycles. The second-order valence-electron chi connectivity index (χ2n) is 6.99. The van der Waals surface area contributed by atoms with E-state index >= 15 is 0 Å². The van der Waals surface area contributed by atoms with Gasteiger partial charge in [-0.15, -0.1) is 11.8 Å². The van der Waals surface area contributed by atoms with Gasteiger partial charge in [0.1, 0.15) is 0 Å². The molecule has 4 rings (SSSR count). The van der Waals surface area contributed by atoms with Gasteiger partial charge in [-0.1, -0.05) is 48.5 Å². The topological polar surface area (TPSA) is 32.7 Å². The van der Waals surface area contributed by atoms with E-state index in [9.17, 15) is 4.79 Å². The summed E-state index contributed by atoms with van der Waals surface area (Å²) in [4.78, 5) is 21.9. The number of aryl methyl sites for hydroxylation is 2. The Balaban J connectivity index is 1.79. The summed E-state index contributed by atoms with van der Waals surface area (Å²) in [5.41, 5.74) is 4.85. The maximum absolute atomic E-state index is 13.4. The number of aliphatic imine (C=N–C) groups is 1. The zero-order valence-electron chi connectivity index (χ0n) is 17.1. The van der Waals surface area contributed by atoms with Gasteiger partial charge in [-0.2, -0.15) is 0 Å². The van der Waals surface area contributed by atoms with Crippen LogP contribution in [0.3, 0.4) is 0 Å². The van der Waals surface area contributed by atoms with Gasteiger partial charge in [-0.05, 0) is 78.9 Å². The molecule has 1 aliphatic heterocycles. The predicted octanol–water partition coefficient (Wildman–Crippen LogP) is 6.83. The summed E-state index contributed by atoms with van der Waals surface area (Å²) < 4.78 is 0. The van der Waals surface area contributed by atoms with Gasteiger partial charge < -0.3 is 0 Å². The lowest BCUT2D eigenvalue weighted by Crippen LogP contribution is -2.29. The van der Waals surface area contributed by atoms with Gasteiger partial charge >= 0.3 is 0 Å². The van der Waals surface area contributed by atoms with Crippen LogP contribution in [0.1, 0.15) is 16.7 Å². The minimum atomic E-state index is -0.0458. The molecule has 0 aromatic heterocycles. The minimum Gasteiger partial charge on any atom is -0.268 e. The number of hydrogen-bond donors (Lipinski definition) is 0. The molecule has 1 heterocycles. The Hall–Kier alpha value is -2.76. The number of amides is 1. The second kappa shape index (κ2) is 8.94. The van der Waals surface area contributed by atoms with Crippen LogP contribution in [0, 0.1) is 13.8 Å². The van der Waals surface area contributed by atoms with Gasteiger partial charge in [-0.3, -0.25) is 9.69 Å². The number of carbonyl (C=O) groups excluding carboxylic acids is 1. The van der Waals surface area contributed by atoms with E-state index in [1.165, 1.54) is 16.7 Å². The largest absolute Gasteiger partial charge is 0.271 e. The molecule has 150 valence electrons. The number of thioether (sulfide) groups is 2. The number of amidine groups is 1. The molecule has 0 atom stereocenters. The molecule has 0 saturated carbocycles. The van der Waals surface area contributed by atoms with Gasteiger partial charge in [0.2, 0.25) is 0 Å². The first-order chi connectivity index (χ1) is 14.6. The fourth-order valence-electron chi connectivity index (χ4n) is 3.22. The third-order valence-electron chi connectivity index (χ3n) is 4.91. The maximum atomic E-state index is 13.4. The molecule has 0 radical (unpaired) electrons. The van der Waals surface area contributed by atoms with Gasteiger partial charge in [-0.25, -0.2) is 4.99 Å². The van der Waals surface area contributed by atoms with E-state index in [1.54, 1.807) is 16.7 Å². The molecule has 1 aliphatic rings. The smallest absolute Gasteiger partial charge is 0.268 e. The molecule has 1 saturated heterocycles. The molecule has 3 nitrogen and oxygen atoms in total. The van der Waals surface area contributed by atoms with E-state index in [0.29, 0.717) is 10.1 Å². The van der Waals surface area contributed by atoms with Crippen LogP contribution in [0.2, 0.25) is 0 Å². The molecule has 3 aromatic carbocycles. The lowest BCUT2D eigenvalue weighted by Gasteiger charge is -2.18. The number of rotatable bonds is 4. The number of benzene rings is 3. The molecule has 0 spiro atoms. The average molecular weight is 431 g/mol. The van der Waals surface area contributed by atoms with Crippen molar-refractivity contribution in [3.63, 3.8) is 0 Å². The van der Waals surface area contributed by atoms with Gasteiger partial charge in [0.15, 0.2) is 5.17 Å². The lowest BCUT2D eigenvalue weighted by molar-refractivity contribution is -0.113. The highest BCUT2D eigenvalue weighted by atomic mass is 32.2. The summed E-state index contributed by atoms with van der Waals surface area (Å²) in [5, 5.41) is 0.676. The van der Waals surface area contributed by atoms with E-state index in [0.717, 1.165) is 28.1 Å². The van der Waals surface area contributed by atoms with Crippen molar-refractivity contribution in [2.75, 3.05) is 11.2 Å². The third kappa shape index (κ3) is 4.23. The molecule has 0 bridgehead atoms. The van der Waals surface area contributed by atoms with Crippen molar-refractivity contribution in [3.8, 4) is 0 Å². The SMILES string of the molecule is CSc1ccc(/C=C2/SC(=Nc3ccccc3C)N(c3ccccc3C)C2=O)cc1. The highest BCUT2D eigenvalue weighted by Gasteiger charge is 2.35. The van der Waals surface area contributed by atoms with Crippen molar-refractivity contribution in [2.45, 2.75) is 18.7 Å². The Labute approximate surface area is 185 Å². The lowest BCUT2D eigenvalue weighted by atomic mass is 10.1. The van der Waals surface area contributed by atoms with E-state index in [-0.39, 0.29) is 5.91 Å². The molecule has 3 aromatic rings. The first-order valence-electron chi connectivity index (χ1n) is 9.65. The molecule has 0 N–H and O–H groups in total. The number of anilines is 1. The number of hydrogen-bond acceptors (Lipinski definition) is 4. The van der Waals surface area contributed by atoms with Gasteiger partial charge in [0.25, 0.3) is 5.91 Å². The Kier molecular flexibility index (Phi) is 6.11. The van der Waals surface area contributed by atoms with Crippen LogP contribution in [-0.2, 0) is 4.79 Å². The molecule has 0 unspecified atom stereocenters. The number of carbonyl (C=O) groups is 1. The summed E-state index contributed by atoms with van der Waals surface area (Å²) in [6.07, 6.45) is 4.00. The zero-order valence-corrected chi connectivity index (χ0v) is 18.8. The number of para-hydroxylation sites is 2. The van der Waals surface area contributed by atoms with Crippen molar-refractivity contribution >= 4 is 52.0 Å². The van der Waals surface area contributed by atoms with Crippen LogP contribution in [0.25, 0.3) is 6.08 Å². The minimum absolute atomic E-state index is 0.0458. The standard InChI is InChI=1S/C25H22N2OS2/c1-17-8-4-6-10-21(17)26-25-27(22-11-7-5-9-18(22)2)24(28)23(30-25)16-19-12-14-20(29-3)15-13-19/h4-16H,1-3H3/b23-16+,26-25?. The maximum Gasteiger partial charge on any atom is 0.271 e. The Morgan fingerprint density at radius 2 is 1.57 bits per heavy atom. The Morgan fingerprint density at radius 3 is 2.23 bits per heavy atom. The quantitative estimate of drug-likeness (QED) is 0.336. The summed E-state index contributed by atoms with van der Waals surface area (Å²) >= 11 is 3.12. The highest BCUT2D eigenvalue weighted by molar-refractivity contribution is 8.19. The van der Waals surface area contributed by atoms with Crippen LogP contribution in [0.4, 0.5) is 11.4 Å². The van der Waals surface area contributed by atoms with Crippen molar-refractivity contribution in [3.05, 3.63) is 94.4 Å². The van der Waals surface area contributed by atoms with Crippen LogP contribution in [0.15, 0.2) is 87.6 Å². The van der Waals surface area contributed by atoms with Gasteiger partial charge in [0.05, 0.1) is 16.3 Å². The van der Waals surface area contributed by atoms with Gasteiger partial charge in [0, 0.05) is 4.90 Å². The van der Waals surface area contributed by atoms with E-state index in [2.05, 4.69) is 18.4 Å². The second-order valence-corrected chi connectivity index (χ2v) is 8.88. The summed E-state index contributed by atoms with van der Waals surface area (Å²) in [7, 11) is 0. The van der Waals surface area contributed by atoms with Crippen molar-refractivity contribution in [2.24, 2.45) is 4.99 Å². The van der Waals surface area contributed by atoms with Crippen molar-refractivity contribution in [1.82, 2.24) is 0 Å². The monoisotopic (exact) mass is 430 g/mol. The summed E-state index contributed by atoms with van der Waals surface area (Å²) in [6, 6.07) is 24.1. The Bertz CT molecular complexity index is 1150. The molecule has 30 heavy (non-hydrogen) atoms. The molecule has 1 fully saturated rings. The van der Waals surface area contributed by atoms with E-state index in [4.69, 9.17) is 4.99 Å². The van der Waals surface area contributed by atoms with E-state index in [1.807, 2.05) is 80.6 Å². The molecule has 1 amide bonds. The van der Waals surface area contributed by atoms with Crippen molar-refractivity contribution < 1.29 is 4.79 Å². The normalized spacial score (nSPS) is 16.6. The van der Waals surface area contributed by atoms with Crippen LogP contribution in [0.5, 0.6) is 0 Å². The number of nitrogens with zero attached hydrogens (tertiary/aromatic N) is 2. The first kappa shape index (κ1) is 20.5. The summed E-state index contributed by atoms with van der Waals surface area (Å²) in [5.74, 6) is -0.0458. The first-order valence-corrected chi connectivity index (χ1v) is 11.7. The molecular formula is C25H22N2OS2. The zero-order chi connectivity index (χ0) is 21.1.